The molecular formula is C15H17NO5. The molecule has 3 N–H and O–H groups in total. The predicted molar refractivity (Wildman–Crippen MR) is 73.8 cm³/mol. The molecule has 6 nitrogen and oxygen atoms in total. The Balaban J connectivity index is 2.05. The minimum Gasteiger partial charge on any atom is -0.481 e. The Morgan fingerprint density at radius 2 is 1.76 bits per heavy atom. The number of carbonyl (C=O) groups is 3. The van der Waals surface area contributed by atoms with Crippen LogP contribution in [-0.2, 0) is 19.8 Å². The highest BCUT2D eigenvalue weighted by molar-refractivity contribution is 5.94. The first kappa shape index (κ1) is 15.0. The second kappa shape index (κ2) is 5.95. The predicted octanol–water partition coefficient (Wildman–Crippen LogP) is 1.15. The molecule has 0 saturated heterocycles. The lowest BCUT2D eigenvalue weighted by atomic mass is 9.94. The van der Waals surface area contributed by atoms with Crippen molar-refractivity contribution in [3.63, 3.8) is 0 Å². The van der Waals surface area contributed by atoms with Crippen LogP contribution in [0.1, 0.15) is 31.2 Å². The van der Waals surface area contributed by atoms with Gasteiger partial charge in [0.15, 0.2) is 0 Å². The molecule has 1 aliphatic rings. The maximum absolute atomic E-state index is 12.4. The molecule has 0 aromatic heterocycles. The molecule has 1 amide bonds. The highest BCUT2D eigenvalue weighted by atomic mass is 16.4. The van der Waals surface area contributed by atoms with E-state index in [2.05, 4.69) is 5.32 Å². The summed E-state index contributed by atoms with van der Waals surface area (Å²) in [5.74, 6) is -2.64. The first-order chi connectivity index (χ1) is 9.95. The van der Waals surface area contributed by atoms with Gasteiger partial charge in [-0.1, -0.05) is 30.3 Å². The van der Waals surface area contributed by atoms with Crippen molar-refractivity contribution in [2.75, 3.05) is 0 Å². The number of hydrogen-bond acceptors (Lipinski definition) is 3. The van der Waals surface area contributed by atoms with Crippen LogP contribution in [0.25, 0.3) is 0 Å². The van der Waals surface area contributed by atoms with E-state index in [9.17, 15) is 14.4 Å². The van der Waals surface area contributed by atoms with Gasteiger partial charge in [0.05, 0.1) is 5.41 Å². The zero-order chi connectivity index (χ0) is 15.5. The monoisotopic (exact) mass is 291 g/mol. The molecule has 0 aliphatic heterocycles. The van der Waals surface area contributed by atoms with Crippen molar-refractivity contribution in [1.29, 1.82) is 0 Å². The third kappa shape index (κ3) is 3.39. The van der Waals surface area contributed by atoms with E-state index in [1.807, 2.05) is 30.3 Å². The van der Waals surface area contributed by atoms with E-state index in [1.165, 1.54) is 0 Å². The molecule has 1 fully saturated rings. The standard InChI is InChI=1S/C15H17NO5/c17-12(18)7-6-11(13(19)20)16-14(21)15(8-9-15)10-4-2-1-3-5-10/h1-5,11H,6-9H2,(H,16,21)(H,17,18)(H,19,20)/t11-/m0/s1. The fourth-order valence-electron chi connectivity index (χ4n) is 2.35. The third-order valence-corrected chi connectivity index (χ3v) is 3.76. The van der Waals surface area contributed by atoms with Crippen LogP contribution < -0.4 is 5.32 Å². The number of carbonyl (C=O) groups excluding carboxylic acids is 1. The fraction of sp³-hybridized carbons (Fsp3) is 0.400. The smallest absolute Gasteiger partial charge is 0.326 e. The first-order valence-corrected chi connectivity index (χ1v) is 6.77. The van der Waals surface area contributed by atoms with Gasteiger partial charge < -0.3 is 15.5 Å². The van der Waals surface area contributed by atoms with Crippen molar-refractivity contribution >= 4 is 17.8 Å². The van der Waals surface area contributed by atoms with Gasteiger partial charge in [0.25, 0.3) is 0 Å². The normalized spacial score (nSPS) is 16.8. The molecule has 0 radical (unpaired) electrons. The van der Waals surface area contributed by atoms with Gasteiger partial charge in [-0.2, -0.15) is 0 Å². The van der Waals surface area contributed by atoms with E-state index in [1.54, 1.807) is 0 Å². The van der Waals surface area contributed by atoms with Crippen LogP contribution in [0, 0.1) is 0 Å². The number of benzene rings is 1. The molecule has 1 saturated carbocycles. The number of amides is 1. The molecular weight excluding hydrogens is 274 g/mol. The first-order valence-electron chi connectivity index (χ1n) is 6.77. The van der Waals surface area contributed by atoms with Gasteiger partial charge in [-0.15, -0.1) is 0 Å². The summed E-state index contributed by atoms with van der Waals surface area (Å²) < 4.78 is 0. The molecule has 0 spiro atoms. The Hall–Kier alpha value is -2.37. The van der Waals surface area contributed by atoms with E-state index >= 15 is 0 Å². The average molecular weight is 291 g/mol. The van der Waals surface area contributed by atoms with Crippen molar-refractivity contribution in [2.24, 2.45) is 0 Å². The molecule has 0 heterocycles. The molecule has 0 bridgehead atoms. The van der Waals surface area contributed by atoms with Crippen LogP contribution >= 0.6 is 0 Å². The molecule has 0 unspecified atom stereocenters. The number of aliphatic carboxylic acids is 2. The Bertz CT molecular complexity index is 550. The average Bonchev–Trinajstić information content (AvgIpc) is 3.25. The van der Waals surface area contributed by atoms with Crippen LogP contribution in [0.5, 0.6) is 0 Å². The van der Waals surface area contributed by atoms with Gasteiger partial charge in [0.1, 0.15) is 6.04 Å². The summed E-state index contributed by atoms with van der Waals surface area (Å²) >= 11 is 0. The summed E-state index contributed by atoms with van der Waals surface area (Å²) in [5, 5.41) is 20.2. The summed E-state index contributed by atoms with van der Waals surface area (Å²) in [6.45, 7) is 0. The maximum Gasteiger partial charge on any atom is 0.326 e. The van der Waals surface area contributed by atoms with Crippen molar-refractivity contribution in [1.82, 2.24) is 5.32 Å². The lowest BCUT2D eigenvalue weighted by molar-refractivity contribution is -0.143. The summed E-state index contributed by atoms with van der Waals surface area (Å²) in [7, 11) is 0. The molecule has 112 valence electrons. The molecule has 1 aromatic carbocycles. The Labute approximate surface area is 121 Å². The summed E-state index contributed by atoms with van der Waals surface area (Å²) in [5.41, 5.74) is 0.211. The topological polar surface area (TPSA) is 104 Å². The van der Waals surface area contributed by atoms with Crippen molar-refractivity contribution in [3.05, 3.63) is 35.9 Å². The summed E-state index contributed by atoms with van der Waals surface area (Å²) in [6, 6.07) is 8.04. The fourth-order valence-corrected chi connectivity index (χ4v) is 2.35. The highest BCUT2D eigenvalue weighted by Gasteiger charge is 2.51. The van der Waals surface area contributed by atoms with Gasteiger partial charge >= 0.3 is 11.9 Å². The SMILES string of the molecule is O=C(O)CC[C@H](NC(=O)C1(c2ccccc2)CC1)C(=O)O. The van der Waals surface area contributed by atoms with Gasteiger partial charge in [0, 0.05) is 6.42 Å². The van der Waals surface area contributed by atoms with Gasteiger partial charge in [-0.3, -0.25) is 9.59 Å². The van der Waals surface area contributed by atoms with Crippen LogP contribution in [0.2, 0.25) is 0 Å². The van der Waals surface area contributed by atoms with Gasteiger partial charge in [-0.25, -0.2) is 4.79 Å². The van der Waals surface area contributed by atoms with Crippen LogP contribution in [0.4, 0.5) is 0 Å². The van der Waals surface area contributed by atoms with E-state index in [0.29, 0.717) is 12.8 Å². The van der Waals surface area contributed by atoms with Crippen LogP contribution in [-0.4, -0.2) is 34.1 Å². The Morgan fingerprint density at radius 1 is 1.14 bits per heavy atom. The van der Waals surface area contributed by atoms with E-state index in [4.69, 9.17) is 10.2 Å². The number of carboxylic acid groups (broad SMARTS) is 2. The lowest BCUT2D eigenvalue weighted by Gasteiger charge is -2.19. The largest absolute Gasteiger partial charge is 0.481 e. The molecule has 1 atom stereocenters. The Kier molecular flexibility index (Phi) is 4.26. The molecule has 1 aromatic rings. The molecule has 6 heteroatoms. The van der Waals surface area contributed by atoms with Crippen LogP contribution in [0.3, 0.4) is 0 Å². The second-order valence-electron chi connectivity index (χ2n) is 5.24. The quantitative estimate of drug-likeness (QED) is 0.699. The zero-order valence-corrected chi connectivity index (χ0v) is 11.4. The van der Waals surface area contributed by atoms with E-state index in [-0.39, 0.29) is 18.7 Å². The van der Waals surface area contributed by atoms with Crippen molar-refractivity contribution in [2.45, 2.75) is 37.1 Å². The third-order valence-electron chi connectivity index (χ3n) is 3.76. The molecule has 21 heavy (non-hydrogen) atoms. The van der Waals surface area contributed by atoms with Crippen molar-refractivity contribution < 1.29 is 24.6 Å². The zero-order valence-electron chi connectivity index (χ0n) is 11.4. The minimum absolute atomic E-state index is 0.124. The summed E-state index contributed by atoms with van der Waals surface area (Å²) in [6.07, 6.45) is 0.930. The minimum atomic E-state index is -1.21. The Morgan fingerprint density at radius 3 is 2.24 bits per heavy atom. The maximum atomic E-state index is 12.4. The number of hydrogen-bond donors (Lipinski definition) is 3. The number of carboxylic acids is 2. The van der Waals surface area contributed by atoms with Gasteiger partial charge in [0.2, 0.25) is 5.91 Å². The lowest BCUT2D eigenvalue weighted by Crippen LogP contribution is -2.45. The van der Waals surface area contributed by atoms with Crippen LogP contribution in [0.15, 0.2) is 30.3 Å². The van der Waals surface area contributed by atoms with E-state index < -0.39 is 23.4 Å². The number of rotatable bonds is 7. The highest BCUT2D eigenvalue weighted by Crippen LogP contribution is 2.48. The number of nitrogens with one attached hydrogen (secondary N) is 1. The van der Waals surface area contributed by atoms with Crippen molar-refractivity contribution in [3.8, 4) is 0 Å². The van der Waals surface area contributed by atoms with E-state index in [0.717, 1.165) is 5.56 Å². The second-order valence-corrected chi connectivity index (χ2v) is 5.24. The molecule has 2 rings (SSSR count). The molecule has 1 aliphatic carbocycles. The van der Waals surface area contributed by atoms with Gasteiger partial charge in [-0.05, 0) is 24.8 Å². The summed E-state index contributed by atoms with van der Waals surface area (Å²) in [4.78, 5) is 34.0.